The van der Waals surface area contributed by atoms with Gasteiger partial charge < -0.3 is 9.72 Å². The van der Waals surface area contributed by atoms with Crippen molar-refractivity contribution in [3.05, 3.63) is 48.0 Å². The minimum atomic E-state index is 0.437. The Morgan fingerprint density at radius 3 is 2.76 bits per heavy atom. The van der Waals surface area contributed by atoms with E-state index in [1.165, 1.54) is 27.4 Å². The molecule has 1 aromatic heterocycles. The molecule has 0 spiro atoms. The highest BCUT2D eigenvalue weighted by Gasteiger charge is 2.23. The lowest BCUT2D eigenvalue weighted by Crippen LogP contribution is -1.93. The number of aromatic amines is 1. The van der Waals surface area contributed by atoms with Crippen LogP contribution in [0.4, 0.5) is 0 Å². The minimum Gasteiger partial charge on any atom is -0.373 e. The molecule has 0 saturated carbocycles. The summed E-state index contributed by atoms with van der Waals surface area (Å²) in [6.07, 6.45) is 1.46. The van der Waals surface area contributed by atoms with Crippen LogP contribution in [-0.4, -0.2) is 17.7 Å². The van der Waals surface area contributed by atoms with Gasteiger partial charge in [0.15, 0.2) is 0 Å². The van der Waals surface area contributed by atoms with Gasteiger partial charge in [-0.15, -0.1) is 0 Å². The Labute approximate surface area is 99.2 Å². The summed E-state index contributed by atoms with van der Waals surface area (Å²) in [7, 11) is 0. The van der Waals surface area contributed by atoms with E-state index in [4.69, 9.17) is 4.74 Å². The second-order valence-electron chi connectivity index (χ2n) is 4.67. The van der Waals surface area contributed by atoms with Crippen LogP contribution in [0, 0.1) is 0 Å². The third-order valence-corrected chi connectivity index (χ3v) is 3.48. The second-order valence-corrected chi connectivity index (χ2v) is 4.67. The average Bonchev–Trinajstić information content (AvgIpc) is 3.08. The van der Waals surface area contributed by atoms with Crippen molar-refractivity contribution in [2.45, 2.75) is 12.5 Å². The van der Waals surface area contributed by atoms with Crippen molar-refractivity contribution >= 4 is 21.8 Å². The van der Waals surface area contributed by atoms with E-state index in [2.05, 4.69) is 47.4 Å². The zero-order chi connectivity index (χ0) is 11.2. The number of para-hydroxylation sites is 2. The molecule has 0 aliphatic carbocycles. The maximum absolute atomic E-state index is 5.32. The molecule has 1 saturated heterocycles. The quantitative estimate of drug-likeness (QED) is 0.663. The van der Waals surface area contributed by atoms with E-state index in [1.54, 1.807) is 0 Å². The van der Waals surface area contributed by atoms with E-state index in [-0.39, 0.29) is 0 Å². The van der Waals surface area contributed by atoms with E-state index in [1.807, 2.05) is 0 Å². The van der Waals surface area contributed by atoms with Gasteiger partial charge in [-0.1, -0.05) is 36.4 Å². The molecule has 2 heteroatoms. The highest BCUT2D eigenvalue weighted by Crippen LogP contribution is 2.29. The molecular formula is C15H13NO. The Balaban J connectivity index is 2.01. The maximum Gasteiger partial charge on any atom is 0.0850 e. The fourth-order valence-corrected chi connectivity index (χ4v) is 2.54. The van der Waals surface area contributed by atoms with Crippen LogP contribution in [0.1, 0.15) is 5.56 Å². The number of H-pyrrole nitrogens is 1. The molecule has 1 fully saturated rings. The molecule has 3 aromatic rings. The maximum atomic E-state index is 5.32. The number of ether oxygens (including phenoxy) is 1. The Morgan fingerprint density at radius 2 is 1.88 bits per heavy atom. The molecule has 0 amide bonds. The highest BCUT2D eigenvalue weighted by atomic mass is 16.6. The van der Waals surface area contributed by atoms with Crippen LogP contribution in [-0.2, 0) is 11.2 Å². The third-order valence-electron chi connectivity index (χ3n) is 3.48. The Bertz CT molecular complexity index is 694. The normalized spacial score (nSPS) is 18.9. The third kappa shape index (κ3) is 1.45. The Morgan fingerprint density at radius 1 is 1.06 bits per heavy atom. The smallest absolute Gasteiger partial charge is 0.0850 e. The Kier molecular flexibility index (Phi) is 1.82. The summed E-state index contributed by atoms with van der Waals surface area (Å²) in [5, 5.41) is 2.62. The van der Waals surface area contributed by atoms with Crippen molar-refractivity contribution in [1.29, 1.82) is 0 Å². The van der Waals surface area contributed by atoms with Gasteiger partial charge in [-0.05, 0) is 11.6 Å². The van der Waals surface area contributed by atoms with Crippen LogP contribution in [0.15, 0.2) is 42.5 Å². The summed E-state index contributed by atoms with van der Waals surface area (Å²) in [4.78, 5) is 3.52. The number of benzene rings is 2. The largest absolute Gasteiger partial charge is 0.373 e. The molecule has 1 N–H and O–H groups in total. The van der Waals surface area contributed by atoms with Crippen molar-refractivity contribution in [2.24, 2.45) is 0 Å². The van der Waals surface area contributed by atoms with Gasteiger partial charge >= 0.3 is 0 Å². The first kappa shape index (κ1) is 9.25. The van der Waals surface area contributed by atoms with Crippen LogP contribution >= 0.6 is 0 Å². The van der Waals surface area contributed by atoms with Gasteiger partial charge in [0.1, 0.15) is 0 Å². The molecule has 2 heterocycles. The molecule has 4 rings (SSSR count). The first-order chi connectivity index (χ1) is 8.42. The van der Waals surface area contributed by atoms with Crippen LogP contribution in [0.25, 0.3) is 21.8 Å². The predicted octanol–water partition coefficient (Wildman–Crippen LogP) is 3.26. The number of aromatic nitrogens is 1. The molecule has 0 bridgehead atoms. The van der Waals surface area contributed by atoms with Gasteiger partial charge in [-0.2, -0.15) is 0 Å². The van der Waals surface area contributed by atoms with Gasteiger partial charge in [0, 0.05) is 28.2 Å². The summed E-state index contributed by atoms with van der Waals surface area (Å²) >= 11 is 0. The molecule has 84 valence electrons. The fourth-order valence-electron chi connectivity index (χ4n) is 2.54. The lowest BCUT2D eigenvalue weighted by Gasteiger charge is -2.00. The van der Waals surface area contributed by atoms with Crippen LogP contribution in [0.3, 0.4) is 0 Å². The number of nitrogens with one attached hydrogen (secondary N) is 1. The number of fused-ring (bicyclic) bond motifs is 3. The summed E-state index contributed by atoms with van der Waals surface area (Å²) in [6, 6.07) is 15.0. The highest BCUT2D eigenvalue weighted by molar-refractivity contribution is 6.08. The SMILES string of the molecule is c1ccc2c(c1)[nH]c1c(CC3CO3)cccc12. The van der Waals surface area contributed by atoms with Gasteiger partial charge in [0.05, 0.1) is 12.7 Å². The van der Waals surface area contributed by atoms with Crippen molar-refractivity contribution in [3.63, 3.8) is 0 Å². The standard InChI is InChI=1S/C15H13NO/c1-2-7-14-12(5-1)13-6-3-4-10(15(13)16-14)8-11-9-17-11/h1-7,11,16H,8-9H2. The van der Waals surface area contributed by atoms with Crippen LogP contribution in [0.5, 0.6) is 0 Å². The van der Waals surface area contributed by atoms with Crippen molar-refractivity contribution in [1.82, 2.24) is 4.98 Å². The topological polar surface area (TPSA) is 28.3 Å². The lowest BCUT2D eigenvalue weighted by atomic mass is 10.1. The molecule has 0 radical (unpaired) electrons. The van der Waals surface area contributed by atoms with E-state index >= 15 is 0 Å². The minimum absolute atomic E-state index is 0.437. The number of epoxide rings is 1. The summed E-state index contributed by atoms with van der Waals surface area (Å²) < 4.78 is 5.32. The van der Waals surface area contributed by atoms with E-state index < -0.39 is 0 Å². The monoisotopic (exact) mass is 223 g/mol. The van der Waals surface area contributed by atoms with Crippen molar-refractivity contribution in [3.8, 4) is 0 Å². The number of hydrogen-bond acceptors (Lipinski definition) is 1. The number of rotatable bonds is 2. The lowest BCUT2D eigenvalue weighted by molar-refractivity contribution is 0.408. The van der Waals surface area contributed by atoms with Gasteiger partial charge in [-0.25, -0.2) is 0 Å². The molecule has 1 aliphatic heterocycles. The molecule has 17 heavy (non-hydrogen) atoms. The van der Waals surface area contributed by atoms with Crippen molar-refractivity contribution in [2.75, 3.05) is 6.61 Å². The summed E-state index contributed by atoms with van der Waals surface area (Å²) in [5.41, 5.74) is 3.84. The predicted molar refractivity (Wildman–Crippen MR) is 69.2 cm³/mol. The summed E-state index contributed by atoms with van der Waals surface area (Å²) in [6.45, 7) is 0.913. The molecular weight excluding hydrogens is 210 g/mol. The zero-order valence-corrected chi connectivity index (χ0v) is 9.44. The Hall–Kier alpha value is -1.80. The molecule has 2 aromatic carbocycles. The first-order valence-corrected chi connectivity index (χ1v) is 6.02. The average molecular weight is 223 g/mol. The summed E-state index contributed by atoms with van der Waals surface area (Å²) in [5.74, 6) is 0. The second kappa shape index (κ2) is 3.34. The van der Waals surface area contributed by atoms with E-state index in [9.17, 15) is 0 Å². The van der Waals surface area contributed by atoms with Gasteiger partial charge in [0.25, 0.3) is 0 Å². The van der Waals surface area contributed by atoms with Crippen LogP contribution < -0.4 is 0 Å². The molecule has 2 nitrogen and oxygen atoms in total. The molecule has 1 atom stereocenters. The van der Waals surface area contributed by atoms with Crippen molar-refractivity contribution < 1.29 is 4.74 Å². The fraction of sp³-hybridized carbons (Fsp3) is 0.200. The van der Waals surface area contributed by atoms with E-state index in [0.29, 0.717) is 6.10 Å². The first-order valence-electron chi connectivity index (χ1n) is 6.02. The van der Waals surface area contributed by atoms with Crippen LogP contribution in [0.2, 0.25) is 0 Å². The van der Waals surface area contributed by atoms with E-state index in [0.717, 1.165) is 13.0 Å². The van der Waals surface area contributed by atoms with Gasteiger partial charge in [-0.3, -0.25) is 0 Å². The molecule has 1 aliphatic rings. The van der Waals surface area contributed by atoms with Gasteiger partial charge in [0.2, 0.25) is 0 Å². The molecule has 1 unspecified atom stereocenters. The number of hydrogen-bond donors (Lipinski definition) is 1. The zero-order valence-electron chi connectivity index (χ0n) is 9.44.